The Hall–Kier alpha value is -2.01. The highest BCUT2D eigenvalue weighted by Crippen LogP contribution is 2.18. The largest absolute Gasteiger partial charge is 0.459 e. The maximum Gasteiger partial charge on any atom is 0.191 e. The monoisotopic (exact) mass is 289 g/mol. The molecular weight excluding hydrogens is 266 g/mol. The van der Waals surface area contributed by atoms with E-state index in [-0.39, 0.29) is 5.60 Å². The van der Waals surface area contributed by atoms with Gasteiger partial charge in [0.2, 0.25) is 0 Å². The molecule has 0 radical (unpaired) electrons. The number of furan rings is 1. The van der Waals surface area contributed by atoms with Gasteiger partial charge in [-0.05, 0) is 26.0 Å². The molecule has 2 aromatic rings. The van der Waals surface area contributed by atoms with Crippen molar-refractivity contribution in [2.75, 3.05) is 20.7 Å². The third-order valence-electron chi connectivity index (χ3n) is 3.36. The van der Waals surface area contributed by atoms with E-state index in [0.29, 0.717) is 13.1 Å². The van der Waals surface area contributed by atoms with Crippen molar-refractivity contribution >= 4 is 16.9 Å². The minimum Gasteiger partial charge on any atom is -0.459 e. The predicted octanol–water partition coefficient (Wildman–Crippen LogP) is 2.52. The molecule has 0 aliphatic rings. The van der Waals surface area contributed by atoms with Crippen molar-refractivity contribution in [2.24, 2.45) is 4.99 Å². The van der Waals surface area contributed by atoms with Crippen LogP contribution in [0.4, 0.5) is 0 Å². The van der Waals surface area contributed by atoms with E-state index in [1.807, 2.05) is 44.2 Å². The van der Waals surface area contributed by atoms with E-state index in [1.54, 1.807) is 14.2 Å². The highest BCUT2D eigenvalue weighted by molar-refractivity contribution is 5.80. The Morgan fingerprint density at radius 1 is 1.29 bits per heavy atom. The number of nitrogens with zero attached hydrogens (tertiary/aromatic N) is 1. The molecule has 2 rings (SSSR count). The fraction of sp³-hybridized carbons (Fsp3) is 0.438. The van der Waals surface area contributed by atoms with Crippen LogP contribution in [-0.4, -0.2) is 32.3 Å². The lowest BCUT2D eigenvalue weighted by Gasteiger charge is -2.24. The van der Waals surface area contributed by atoms with Crippen molar-refractivity contribution in [1.82, 2.24) is 10.6 Å². The molecule has 0 aliphatic carbocycles. The second kappa shape index (κ2) is 6.63. The number of para-hydroxylation sites is 1. The summed E-state index contributed by atoms with van der Waals surface area (Å²) in [6.07, 6.45) is 0. The number of nitrogens with one attached hydrogen (secondary N) is 2. The number of benzene rings is 1. The van der Waals surface area contributed by atoms with Crippen LogP contribution in [0.3, 0.4) is 0 Å². The Morgan fingerprint density at radius 3 is 2.71 bits per heavy atom. The van der Waals surface area contributed by atoms with E-state index in [9.17, 15) is 0 Å². The van der Waals surface area contributed by atoms with E-state index in [0.717, 1.165) is 22.7 Å². The normalized spacial score (nSPS) is 12.7. The van der Waals surface area contributed by atoms with Crippen LogP contribution in [-0.2, 0) is 11.3 Å². The molecule has 0 saturated carbocycles. The van der Waals surface area contributed by atoms with Crippen LogP contribution in [0.2, 0.25) is 0 Å². The van der Waals surface area contributed by atoms with Crippen molar-refractivity contribution in [3.8, 4) is 0 Å². The van der Waals surface area contributed by atoms with Gasteiger partial charge in [0, 0.05) is 26.1 Å². The highest BCUT2D eigenvalue weighted by atomic mass is 16.5. The zero-order valence-corrected chi connectivity index (χ0v) is 13.1. The molecule has 21 heavy (non-hydrogen) atoms. The van der Waals surface area contributed by atoms with E-state index in [1.165, 1.54) is 0 Å². The summed E-state index contributed by atoms with van der Waals surface area (Å²) in [5, 5.41) is 7.58. The van der Waals surface area contributed by atoms with Gasteiger partial charge in [-0.1, -0.05) is 18.2 Å². The van der Waals surface area contributed by atoms with Crippen molar-refractivity contribution in [1.29, 1.82) is 0 Å². The van der Waals surface area contributed by atoms with Crippen LogP contribution in [0.1, 0.15) is 19.6 Å². The van der Waals surface area contributed by atoms with Gasteiger partial charge in [-0.15, -0.1) is 0 Å². The van der Waals surface area contributed by atoms with Gasteiger partial charge in [-0.2, -0.15) is 0 Å². The van der Waals surface area contributed by atoms with Crippen LogP contribution >= 0.6 is 0 Å². The smallest absolute Gasteiger partial charge is 0.191 e. The lowest BCUT2D eigenvalue weighted by atomic mass is 10.1. The molecule has 0 fully saturated rings. The predicted molar refractivity (Wildman–Crippen MR) is 85.5 cm³/mol. The topological polar surface area (TPSA) is 58.8 Å². The first-order valence-corrected chi connectivity index (χ1v) is 7.01. The Bertz CT molecular complexity index is 584. The Morgan fingerprint density at radius 2 is 2.05 bits per heavy atom. The number of hydrogen-bond acceptors (Lipinski definition) is 3. The van der Waals surface area contributed by atoms with Gasteiger partial charge in [0.1, 0.15) is 11.3 Å². The fourth-order valence-corrected chi connectivity index (χ4v) is 1.88. The number of fused-ring (bicyclic) bond motifs is 1. The molecule has 0 saturated heterocycles. The molecule has 1 aromatic carbocycles. The van der Waals surface area contributed by atoms with Crippen LogP contribution in [0, 0.1) is 0 Å². The van der Waals surface area contributed by atoms with Gasteiger partial charge < -0.3 is 19.8 Å². The number of guanidine groups is 1. The minimum atomic E-state index is -0.239. The van der Waals surface area contributed by atoms with Gasteiger partial charge >= 0.3 is 0 Å². The lowest BCUT2D eigenvalue weighted by molar-refractivity contribution is 0.0268. The van der Waals surface area contributed by atoms with E-state index in [4.69, 9.17) is 9.15 Å². The van der Waals surface area contributed by atoms with Crippen LogP contribution in [0.5, 0.6) is 0 Å². The zero-order chi connectivity index (χ0) is 15.3. The summed E-state index contributed by atoms with van der Waals surface area (Å²) >= 11 is 0. The third kappa shape index (κ3) is 4.23. The van der Waals surface area contributed by atoms with Crippen LogP contribution in [0.25, 0.3) is 11.0 Å². The lowest BCUT2D eigenvalue weighted by Crippen LogP contribution is -2.45. The molecule has 0 atom stereocenters. The van der Waals surface area contributed by atoms with Crippen LogP contribution in [0.15, 0.2) is 39.7 Å². The molecule has 0 spiro atoms. The summed E-state index contributed by atoms with van der Waals surface area (Å²) in [4.78, 5) is 4.19. The summed E-state index contributed by atoms with van der Waals surface area (Å²) in [6, 6.07) is 10.0. The van der Waals surface area contributed by atoms with Crippen molar-refractivity contribution in [3.05, 3.63) is 36.1 Å². The molecule has 5 nitrogen and oxygen atoms in total. The molecule has 1 aromatic heterocycles. The summed E-state index contributed by atoms with van der Waals surface area (Å²) in [5.74, 6) is 1.60. The summed E-state index contributed by atoms with van der Waals surface area (Å²) in [7, 11) is 3.44. The summed E-state index contributed by atoms with van der Waals surface area (Å²) in [5.41, 5.74) is 0.662. The molecule has 0 bridgehead atoms. The molecule has 5 heteroatoms. The van der Waals surface area contributed by atoms with Gasteiger partial charge in [-0.3, -0.25) is 4.99 Å². The van der Waals surface area contributed by atoms with Crippen molar-refractivity contribution in [2.45, 2.75) is 26.0 Å². The number of rotatable bonds is 5. The molecule has 0 amide bonds. The molecule has 2 N–H and O–H groups in total. The van der Waals surface area contributed by atoms with Gasteiger partial charge in [0.05, 0.1) is 12.1 Å². The molecular formula is C16H23N3O2. The quantitative estimate of drug-likeness (QED) is 0.656. The third-order valence-corrected chi connectivity index (χ3v) is 3.36. The average Bonchev–Trinajstić information content (AvgIpc) is 2.90. The SMILES string of the molecule is CN=C(NCc1cc2ccccc2o1)NCC(C)(C)OC. The Balaban J connectivity index is 1.91. The van der Waals surface area contributed by atoms with E-state index >= 15 is 0 Å². The second-order valence-electron chi connectivity index (χ2n) is 5.49. The maximum absolute atomic E-state index is 5.76. The van der Waals surface area contributed by atoms with Crippen LogP contribution < -0.4 is 10.6 Å². The van der Waals surface area contributed by atoms with Gasteiger partial charge in [0.15, 0.2) is 5.96 Å². The Kier molecular flexibility index (Phi) is 4.85. The first-order valence-electron chi connectivity index (χ1n) is 7.01. The number of ether oxygens (including phenoxy) is 1. The Labute approximate surface area is 125 Å². The zero-order valence-electron chi connectivity index (χ0n) is 13.1. The first-order chi connectivity index (χ1) is 10.0. The van der Waals surface area contributed by atoms with E-state index in [2.05, 4.69) is 15.6 Å². The number of methoxy groups -OCH3 is 1. The molecule has 1 heterocycles. The van der Waals surface area contributed by atoms with Crippen molar-refractivity contribution < 1.29 is 9.15 Å². The summed E-state index contributed by atoms with van der Waals surface area (Å²) < 4.78 is 11.1. The average molecular weight is 289 g/mol. The first kappa shape index (κ1) is 15.4. The van der Waals surface area contributed by atoms with Gasteiger partial charge in [-0.25, -0.2) is 0 Å². The minimum absolute atomic E-state index is 0.239. The molecule has 114 valence electrons. The van der Waals surface area contributed by atoms with Crippen molar-refractivity contribution in [3.63, 3.8) is 0 Å². The van der Waals surface area contributed by atoms with Gasteiger partial charge in [0.25, 0.3) is 0 Å². The molecule has 0 unspecified atom stereocenters. The maximum atomic E-state index is 5.76. The second-order valence-corrected chi connectivity index (χ2v) is 5.49. The highest BCUT2D eigenvalue weighted by Gasteiger charge is 2.16. The molecule has 0 aliphatic heterocycles. The number of aliphatic imine (C=N–C) groups is 1. The summed E-state index contributed by atoms with van der Waals surface area (Å²) in [6.45, 7) is 5.30. The number of hydrogen-bond donors (Lipinski definition) is 2. The fourth-order valence-electron chi connectivity index (χ4n) is 1.88. The standard InChI is InChI=1S/C16H23N3O2/c1-16(2,20-4)11-19-15(17-3)18-10-13-9-12-7-5-6-8-14(12)21-13/h5-9H,10-11H2,1-4H3,(H2,17,18,19). The van der Waals surface area contributed by atoms with E-state index < -0.39 is 0 Å².